The van der Waals surface area contributed by atoms with Gasteiger partial charge in [0.25, 0.3) is 0 Å². The van der Waals surface area contributed by atoms with Gasteiger partial charge in [-0.3, -0.25) is 0 Å². The predicted molar refractivity (Wildman–Crippen MR) is 105 cm³/mol. The van der Waals surface area contributed by atoms with Gasteiger partial charge in [0.1, 0.15) is 5.60 Å². The van der Waals surface area contributed by atoms with Crippen molar-refractivity contribution in [1.82, 2.24) is 9.21 Å². The van der Waals surface area contributed by atoms with Crippen molar-refractivity contribution >= 4 is 16.1 Å². The maximum absolute atomic E-state index is 13.0. The maximum Gasteiger partial charge on any atom is 0.410 e. The molecule has 0 N–H and O–H groups in total. The number of amides is 1. The van der Waals surface area contributed by atoms with Crippen LogP contribution in [0.2, 0.25) is 0 Å². The van der Waals surface area contributed by atoms with Gasteiger partial charge in [0.2, 0.25) is 10.0 Å². The lowest BCUT2D eigenvalue weighted by atomic mass is 9.87. The van der Waals surface area contributed by atoms with Crippen LogP contribution in [0.1, 0.15) is 52.9 Å². The molecule has 0 aromatic rings. The van der Waals surface area contributed by atoms with Crippen molar-refractivity contribution < 1.29 is 27.4 Å². The van der Waals surface area contributed by atoms with Gasteiger partial charge in [-0.1, -0.05) is 0 Å². The molecule has 3 aliphatic heterocycles. The number of hydrogen-bond acceptors (Lipinski definition) is 6. The van der Waals surface area contributed by atoms with Crippen LogP contribution in [-0.2, 0) is 24.2 Å². The molecule has 3 aliphatic rings. The largest absolute Gasteiger partial charge is 0.444 e. The first-order valence-corrected chi connectivity index (χ1v) is 11.7. The average molecular weight is 419 g/mol. The van der Waals surface area contributed by atoms with E-state index < -0.39 is 15.6 Å². The number of ether oxygens (including phenoxy) is 3. The quantitative estimate of drug-likeness (QED) is 0.697. The lowest BCUT2D eigenvalue weighted by Crippen LogP contribution is -2.49. The Morgan fingerprint density at radius 2 is 1.79 bits per heavy atom. The van der Waals surface area contributed by atoms with Crippen molar-refractivity contribution in [3.8, 4) is 0 Å². The highest BCUT2D eigenvalue weighted by atomic mass is 32.2. The summed E-state index contributed by atoms with van der Waals surface area (Å²) in [5.74, 6) is 0. The summed E-state index contributed by atoms with van der Waals surface area (Å²) in [5.41, 5.74) is -0.856. The molecular weight excluding hydrogens is 384 g/mol. The number of nitrogens with zero attached hydrogens (tertiary/aromatic N) is 2. The first kappa shape index (κ1) is 21.8. The van der Waals surface area contributed by atoms with Crippen LogP contribution in [-0.4, -0.2) is 86.2 Å². The normalized spacial score (nSPS) is 26.8. The smallest absolute Gasteiger partial charge is 0.410 e. The van der Waals surface area contributed by atoms with Crippen molar-refractivity contribution in [2.75, 3.05) is 40.0 Å². The second-order valence-electron chi connectivity index (χ2n) is 9.19. The monoisotopic (exact) mass is 418 g/mol. The standard InChI is InChI=1S/C19H34N2O6S/c1-18(2,3)27-17(22)21-9-7-19(8-10-21)13-15(14-26-19)20(4)28(23,24)16-5-11-25-12-6-16/h15-16H,5-14H2,1-4H3. The molecule has 8 nitrogen and oxygen atoms in total. The second kappa shape index (κ2) is 8.08. The fourth-order valence-electron chi connectivity index (χ4n) is 4.24. The summed E-state index contributed by atoms with van der Waals surface area (Å²) >= 11 is 0. The van der Waals surface area contributed by atoms with Gasteiger partial charge in [0, 0.05) is 33.4 Å². The Morgan fingerprint density at radius 3 is 2.36 bits per heavy atom. The van der Waals surface area contributed by atoms with E-state index in [9.17, 15) is 13.2 Å². The fraction of sp³-hybridized carbons (Fsp3) is 0.947. The summed E-state index contributed by atoms with van der Waals surface area (Å²) in [7, 11) is -1.68. The van der Waals surface area contributed by atoms with Crippen molar-refractivity contribution in [3.63, 3.8) is 0 Å². The number of carbonyl (C=O) groups is 1. The lowest BCUT2D eigenvalue weighted by molar-refractivity contribution is -0.0487. The minimum atomic E-state index is -3.36. The first-order valence-electron chi connectivity index (χ1n) is 10.2. The van der Waals surface area contributed by atoms with Crippen molar-refractivity contribution in [2.24, 2.45) is 0 Å². The predicted octanol–water partition coefficient (Wildman–Crippen LogP) is 1.99. The van der Waals surface area contributed by atoms with Crippen molar-refractivity contribution in [2.45, 2.75) is 75.4 Å². The molecule has 3 fully saturated rings. The zero-order valence-corrected chi connectivity index (χ0v) is 18.3. The van der Waals surface area contributed by atoms with Crippen LogP contribution < -0.4 is 0 Å². The van der Waals surface area contributed by atoms with Gasteiger partial charge in [0.05, 0.1) is 23.5 Å². The molecule has 0 bridgehead atoms. The molecule has 0 aromatic heterocycles. The molecule has 0 aromatic carbocycles. The first-order chi connectivity index (χ1) is 13.0. The molecule has 1 atom stereocenters. The van der Waals surface area contributed by atoms with Gasteiger partial charge in [-0.25, -0.2) is 13.2 Å². The van der Waals surface area contributed by atoms with E-state index in [1.807, 2.05) is 20.8 Å². The highest BCUT2D eigenvalue weighted by Crippen LogP contribution is 2.39. The Balaban J connectivity index is 1.56. The summed E-state index contributed by atoms with van der Waals surface area (Å²) in [6.45, 7) is 8.12. The Labute approximate surface area is 168 Å². The molecule has 1 spiro atoms. The summed E-state index contributed by atoms with van der Waals surface area (Å²) in [6, 6.07) is -0.152. The average Bonchev–Trinajstić information content (AvgIpc) is 3.04. The highest BCUT2D eigenvalue weighted by Gasteiger charge is 2.47. The van der Waals surface area contributed by atoms with E-state index in [-0.39, 0.29) is 23.0 Å². The minimum absolute atomic E-state index is 0.152. The van der Waals surface area contributed by atoms with E-state index in [0.29, 0.717) is 65.0 Å². The van der Waals surface area contributed by atoms with Gasteiger partial charge >= 0.3 is 6.09 Å². The summed E-state index contributed by atoms with van der Waals surface area (Å²) < 4.78 is 44.3. The zero-order valence-electron chi connectivity index (χ0n) is 17.5. The van der Waals surface area contributed by atoms with Gasteiger partial charge in [-0.15, -0.1) is 0 Å². The van der Waals surface area contributed by atoms with Gasteiger partial charge in [-0.2, -0.15) is 4.31 Å². The molecular formula is C19H34N2O6S. The number of rotatable bonds is 3. The third-order valence-electron chi connectivity index (χ3n) is 6.02. The molecule has 162 valence electrons. The van der Waals surface area contributed by atoms with Crippen LogP contribution in [0, 0.1) is 0 Å². The third-order valence-corrected chi connectivity index (χ3v) is 8.44. The van der Waals surface area contributed by atoms with Crippen LogP contribution in [0.4, 0.5) is 4.79 Å². The molecule has 9 heteroatoms. The number of piperidine rings is 1. The topological polar surface area (TPSA) is 85.4 Å². The molecule has 0 aliphatic carbocycles. The lowest BCUT2D eigenvalue weighted by Gasteiger charge is -2.39. The molecule has 0 radical (unpaired) electrons. The number of carbonyl (C=O) groups excluding carboxylic acids is 1. The van der Waals surface area contributed by atoms with Gasteiger partial charge in [0.15, 0.2) is 0 Å². The van der Waals surface area contributed by atoms with Crippen molar-refractivity contribution in [3.05, 3.63) is 0 Å². The third kappa shape index (κ3) is 4.80. The molecule has 1 amide bonds. The highest BCUT2D eigenvalue weighted by molar-refractivity contribution is 7.89. The molecule has 3 rings (SSSR count). The van der Waals surface area contributed by atoms with E-state index >= 15 is 0 Å². The summed E-state index contributed by atoms with van der Waals surface area (Å²) in [6.07, 6.45) is 2.89. The van der Waals surface area contributed by atoms with E-state index in [1.165, 1.54) is 4.31 Å². The van der Waals surface area contributed by atoms with Crippen LogP contribution in [0.15, 0.2) is 0 Å². The Kier molecular flexibility index (Phi) is 6.29. The van der Waals surface area contributed by atoms with Crippen LogP contribution in [0.25, 0.3) is 0 Å². The van der Waals surface area contributed by atoms with Crippen LogP contribution in [0.3, 0.4) is 0 Å². The Bertz CT molecular complexity index is 660. The second-order valence-corrected chi connectivity index (χ2v) is 11.5. The Hall–Kier alpha value is -0.900. The number of sulfonamides is 1. The number of hydrogen-bond donors (Lipinski definition) is 0. The minimum Gasteiger partial charge on any atom is -0.444 e. The molecule has 3 heterocycles. The molecule has 1 unspecified atom stereocenters. The SMILES string of the molecule is CN(C1COC2(CCN(C(=O)OC(C)(C)C)CC2)C1)S(=O)(=O)C1CCOCC1. The maximum atomic E-state index is 13.0. The molecule has 28 heavy (non-hydrogen) atoms. The van der Waals surface area contributed by atoms with E-state index in [4.69, 9.17) is 14.2 Å². The zero-order chi connectivity index (χ0) is 20.6. The van der Waals surface area contributed by atoms with E-state index in [0.717, 1.165) is 0 Å². The Morgan fingerprint density at radius 1 is 1.18 bits per heavy atom. The fourth-order valence-corrected chi connectivity index (χ4v) is 6.05. The molecule has 0 saturated carbocycles. The van der Waals surface area contributed by atoms with E-state index in [2.05, 4.69) is 0 Å². The summed E-state index contributed by atoms with van der Waals surface area (Å²) in [5, 5.41) is -0.364. The number of likely N-dealkylation sites (N-methyl/N-ethyl adjacent to an activating group) is 1. The van der Waals surface area contributed by atoms with Gasteiger partial charge < -0.3 is 19.1 Å². The van der Waals surface area contributed by atoms with Crippen molar-refractivity contribution in [1.29, 1.82) is 0 Å². The summed E-state index contributed by atoms with van der Waals surface area (Å²) in [4.78, 5) is 14.0. The van der Waals surface area contributed by atoms with Crippen LogP contribution in [0.5, 0.6) is 0 Å². The van der Waals surface area contributed by atoms with E-state index in [1.54, 1.807) is 11.9 Å². The number of likely N-dealkylation sites (tertiary alicyclic amines) is 1. The molecule has 3 saturated heterocycles. The van der Waals surface area contributed by atoms with Gasteiger partial charge in [-0.05, 0) is 52.9 Å². The van der Waals surface area contributed by atoms with Crippen LogP contribution >= 0.6 is 0 Å².